The van der Waals surface area contributed by atoms with Crippen molar-refractivity contribution >= 4 is 34.9 Å². The number of benzene rings is 2. The molecular weight excluding hydrogens is 309 g/mol. The molecule has 0 aromatic heterocycles. The molecule has 0 amide bonds. The van der Waals surface area contributed by atoms with E-state index in [1.54, 1.807) is 18.2 Å². The fourth-order valence-electron chi connectivity index (χ4n) is 2.04. The van der Waals surface area contributed by atoms with Crippen LogP contribution in [0.2, 0.25) is 10.0 Å². The van der Waals surface area contributed by atoms with Crippen molar-refractivity contribution in [1.29, 1.82) is 0 Å². The van der Waals surface area contributed by atoms with Crippen molar-refractivity contribution in [2.75, 3.05) is 12.4 Å². The van der Waals surface area contributed by atoms with Crippen molar-refractivity contribution in [1.82, 2.24) is 0 Å². The van der Waals surface area contributed by atoms with E-state index in [0.29, 0.717) is 15.6 Å². The molecule has 3 nitrogen and oxygen atoms in total. The zero-order valence-corrected chi connectivity index (χ0v) is 13.2. The number of nitrogens with one attached hydrogen (secondary N) is 1. The number of aryl methyl sites for hydroxylation is 1. The smallest absolute Gasteiger partial charge is 0.332 e. The van der Waals surface area contributed by atoms with E-state index in [2.05, 4.69) is 5.32 Å². The SMILES string of the molecule is COC(=O)C(Nc1cccc(C)c1)c1cc(Cl)cc(Cl)c1. The number of methoxy groups -OCH3 is 1. The first-order chi connectivity index (χ1) is 9.99. The highest BCUT2D eigenvalue weighted by molar-refractivity contribution is 6.34. The number of anilines is 1. The summed E-state index contributed by atoms with van der Waals surface area (Å²) in [5, 5.41) is 4.09. The molecule has 0 spiro atoms. The lowest BCUT2D eigenvalue weighted by molar-refractivity contribution is -0.141. The molecular formula is C16H15Cl2NO2. The Balaban J connectivity index is 2.36. The molecule has 110 valence electrons. The molecule has 1 atom stereocenters. The van der Waals surface area contributed by atoms with Gasteiger partial charge in [0, 0.05) is 15.7 Å². The monoisotopic (exact) mass is 323 g/mol. The molecule has 0 aliphatic rings. The second-order valence-electron chi connectivity index (χ2n) is 4.67. The zero-order chi connectivity index (χ0) is 15.4. The van der Waals surface area contributed by atoms with Gasteiger partial charge in [-0.2, -0.15) is 0 Å². The minimum absolute atomic E-state index is 0.408. The molecule has 0 saturated carbocycles. The average Bonchev–Trinajstić information content (AvgIpc) is 2.43. The van der Waals surface area contributed by atoms with Crippen molar-refractivity contribution < 1.29 is 9.53 Å². The first-order valence-electron chi connectivity index (χ1n) is 6.36. The van der Waals surface area contributed by atoms with Crippen molar-refractivity contribution in [2.24, 2.45) is 0 Å². The molecule has 1 unspecified atom stereocenters. The molecule has 0 aliphatic carbocycles. The van der Waals surface area contributed by atoms with Gasteiger partial charge in [0.15, 0.2) is 6.04 Å². The van der Waals surface area contributed by atoms with Crippen LogP contribution in [0.3, 0.4) is 0 Å². The van der Waals surface area contributed by atoms with Gasteiger partial charge < -0.3 is 10.1 Å². The van der Waals surface area contributed by atoms with Crippen LogP contribution in [0.1, 0.15) is 17.2 Å². The second-order valence-corrected chi connectivity index (χ2v) is 5.55. The van der Waals surface area contributed by atoms with Gasteiger partial charge in [-0.1, -0.05) is 35.3 Å². The van der Waals surface area contributed by atoms with Gasteiger partial charge in [-0.15, -0.1) is 0 Å². The summed E-state index contributed by atoms with van der Waals surface area (Å²) in [6.45, 7) is 1.98. The van der Waals surface area contributed by atoms with Crippen LogP contribution in [0.15, 0.2) is 42.5 Å². The molecule has 21 heavy (non-hydrogen) atoms. The molecule has 2 aromatic rings. The number of carbonyl (C=O) groups excluding carboxylic acids is 1. The summed E-state index contributed by atoms with van der Waals surface area (Å²) in [5.41, 5.74) is 2.56. The molecule has 0 radical (unpaired) electrons. The third-order valence-corrected chi connectivity index (χ3v) is 3.42. The molecule has 2 rings (SSSR count). The average molecular weight is 324 g/mol. The lowest BCUT2D eigenvalue weighted by Crippen LogP contribution is -2.22. The van der Waals surface area contributed by atoms with E-state index in [0.717, 1.165) is 11.3 Å². The predicted octanol–water partition coefficient (Wildman–Crippen LogP) is 4.63. The van der Waals surface area contributed by atoms with Gasteiger partial charge in [0.2, 0.25) is 0 Å². The Morgan fingerprint density at radius 2 is 1.81 bits per heavy atom. The minimum Gasteiger partial charge on any atom is -0.467 e. The summed E-state index contributed by atoms with van der Waals surface area (Å²) in [5.74, 6) is -0.408. The Morgan fingerprint density at radius 1 is 1.14 bits per heavy atom. The highest BCUT2D eigenvalue weighted by Gasteiger charge is 2.22. The molecule has 0 heterocycles. The van der Waals surface area contributed by atoms with Crippen molar-refractivity contribution in [3.05, 3.63) is 63.6 Å². The van der Waals surface area contributed by atoms with Crippen LogP contribution in [-0.4, -0.2) is 13.1 Å². The van der Waals surface area contributed by atoms with Gasteiger partial charge in [0.1, 0.15) is 0 Å². The maximum Gasteiger partial charge on any atom is 0.332 e. The summed E-state index contributed by atoms with van der Waals surface area (Å²) in [6.07, 6.45) is 0. The Labute approximate surface area is 133 Å². The normalized spacial score (nSPS) is 11.8. The first kappa shape index (κ1) is 15.7. The molecule has 0 bridgehead atoms. The Morgan fingerprint density at radius 3 is 2.38 bits per heavy atom. The van der Waals surface area contributed by atoms with Crippen LogP contribution in [0, 0.1) is 6.92 Å². The maximum absolute atomic E-state index is 12.1. The summed E-state index contributed by atoms with van der Waals surface area (Å²) in [6, 6.07) is 12.1. The molecule has 5 heteroatoms. The van der Waals surface area contributed by atoms with Crippen LogP contribution < -0.4 is 5.32 Å². The maximum atomic E-state index is 12.1. The Kier molecular flexibility index (Phi) is 5.10. The number of halogens is 2. The van der Waals surface area contributed by atoms with Gasteiger partial charge in [-0.25, -0.2) is 4.79 Å². The van der Waals surface area contributed by atoms with E-state index in [1.807, 2.05) is 31.2 Å². The van der Waals surface area contributed by atoms with Crippen molar-refractivity contribution in [3.8, 4) is 0 Å². The molecule has 1 N–H and O–H groups in total. The summed E-state index contributed by atoms with van der Waals surface area (Å²) in [7, 11) is 1.35. The zero-order valence-electron chi connectivity index (χ0n) is 11.7. The largest absolute Gasteiger partial charge is 0.467 e. The Bertz CT molecular complexity index is 638. The minimum atomic E-state index is -0.673. The topological polar surface area (TPSA) is 38.3 Å². The van der Waals surface area contributed by atoms with Gasteiger partial charge in [0.05, 0.1) is 7.11 Å². The first-order valence-corrected chi connectivity index (χ1v) is 7.12. The highest BCUT2D eigenvalue weighted by Crippen LogP contribution is 2.27. The van der Waals surface area contributed by atoms with E-state index in [4.69, 9.17) is 27.9 Å². The van der Waals surface area contributed by atoms with E-state index >= 15 is 0 Å². The van der Waals surface area contributed by atoms with Gasteiger partial charge in [0.25, 0.3) is 0 Å². The standard InChI is InChI=1S/C16H15Cl2NO2/c1-10-4-3-5-14(6-10)19-15(16(20)21-2)11-7-12(17)9-13(18)8-11/h3-9,15,19H,1-2H3. The molecule has 0 saturated heterocycles. The van der Waals surface area contributed by atoms with Crippen LogP contribution in [-0.2, 0) is 9.53 Å². The fourth-order valence-corrected chi connectivity index (χ4v) is 2.58. The van der Waals surface area contributed by atoms with E-state index < -0.39 is 12.0 Å². The summed E-state index contributed by atoms with van der Waals surface area (Å²) < 4.78 is 4.86. The van der Waals surface area contributed by atoms with Gasteiger partial charge >= 0.3 is 5.97 Å². The van der Waals surface area contributed by atoms with Crippen LogP contribution in [0.5, 0.6) is 0 Å². The van der Waals surface area contributed by atoms with Crippen LogP contribution in [0.4, 0.5) is 5.69 Å². The van der Waals surface area contributed by atoms with Crippen LogP contribution in [0.25, 0.3) is 0 Å². The van der Waals surface area contributed by atoms with E-state index in [1.165, 1.54) is 7.11 Å². The molecule has 2 aromatic carbocycles. The fraction of sp³-hybridized carbons (Fsp3) is 0.188. The molecule has 0 fully saturated rings. The third-order valence-electron chi connectivity index (χ3n) is 2.98. The van der Waals surface area contributed by atoms with Gasteiger partial charge in [-0.05, 0) is 48.4 Å². The number of hydrogen-bond acceptors (Lipinski definition) is 3. The summed E-state index contributed by atoms with van der Waals surface area (Å²) >= 11 is 12.0. The number of rotatable bonds is 4. The lowest BCUT2D eigenvalue weighted by Gasteiger charge is -2.19. The predicted molar refractivity (Wildman–Crippen MR) is 86.0 cm³/mol. The molecule has 0 aliphatic heterocycles. The van der Waals surface area contributed by atoms with Crippen molar-refractivity contribution in [3.63, 3.8) is 0 Å². The van der Waals surface area contributed by atoms with Crippen LogP contribution >= 0.6 is 23.2 Å². The number of ether oxygens (including phenoxy) is 1. The number of esters is 1. The number of hydrogen-bond donors (Lipinski definition) is 1. The lowest BCUT2D eigenvalue weighted by atomic mass is 10.1. The highest BCUT2D eigenvalue weighted by atomic mass is 35.5. The summed E-state index contributed by atoms with van der Waals surface area (Å²) in [4.78, 5) is 12.1. The van der Waals surface area contributed by atoms with E-state index in [9.17, 15) is 4.79 Å². The van der Waals surface area contributed by atoms with E-state index in [-0.39, 0.29) is 0 Å². The van der Waals surface area contributed by atoms with Crippen molar-refractivity contribution in [2.45, 2.75) is 13.0 Å². The Hall–Kier alpha value is -1.71. The number of carbonyl (C=O) groups is 1. The van der Waals surface area contributed by atoms with Gasteiger partial charge in [-0.3, -0.25) is 0 Å². The quantitative estimate of drug-likeness (QED) is 0.834. The second kappa shape index (κ2) is 6.83. The third kappa shape index (κ3) is 4.13.